The first-order valence-corrected chi connectivity index (χ1v) is 12.2. The van der Waals surface area contributed by atoms with E-state index in [2.05, 4.69) is 26.3 Å². The van der Waals surface area contributed by atoms with E-state index in [0.717, 1.165) is 36.1 Å². The third-order valence-corrected chi connectivity index (χ3v) is 5.91. The van der Waals surface area contributed by atoms with Gasteiger partial charge in [-0.05, 0) is 55.6 Å². The third-order valence-electron chi connectivity index (χ3n) is 4.99. The molecule has 1 aliphatic carbocycles. The molecule has 3 N–H and O–H groups in total. The van der Waals surface area contributed by atoms with Crippen LogP contribution in [0.1, 0.15) is 30.0 Å². The van der Waals surface area contributed by atoms with Crippen LogP contribution in [0.25, 0.3) is 10.9 Å². The normalized spacial score (nSPS) is 14.2. The molecule has 2 aromatic carbocycles. The molecule has 0 saturated heterocycles. The Morgan fingerprint density at radius 3 is 2.80 bits per heavy atom. The average Bonchev–Trinajstić information content (AvgIpc) is 3.45. The first-order valence-electron chi connectivity index (χ1n) is 9.97. The van der Waals surface area contributed by atoms with Gasteiger partial charge in [-0.1, -0.05) is 17.7 Å². The SMILES string of the molecule is CS(=O)(=O)Nc1cc(CCNCCOc2ccc3c(C4CC4)n[nH]c3c2)ccc1Cl. The van der Waals surface area contributed by atoms with Gasteiger partial charge in [0.15, 0.2) is 0 Å². The van der Waals surface area contributed by atoms with Crippen LogP contribution >= 0.6 is 11.6 Å². The fourth-order valence-corrected chi connectivity index (χ4v) is 4.17. The molecule has 7 nitrogen and oxygen atoms in total. The number of ether oxygens (including phenoxy) is 1. The zero-order valence-corrected chi connectivity index (χ0v) is 18.3. The number of H-pyrrole nitrogens is 1. The van der Waals surface area contributed by atoms with Crippen molar-refractivity contribution < 1.29 is 13.2 Å². The number of hydrogen-bond donors (Lipinski definition) is 3. The molecule has 1 heterocycles. The van der Waals surface area contributed by atoms with Crippen LogP contribution < -0.4 is 14.8 Å². The minimum absolute atomic E-state index is 0.379. The predicted molar refractivity (Wildman–Crippen MR) is 120 cm³/mol. The molecule has 0 spiro atoms. The van der Waals surface area contributed by atoms with Gasteiger partial charge in [0.1, 0.15) is 12.4 Å². The highest BCUT2D eigenvalue weighted by atomic mass is 35.5. The fraction of sp³-hybridized carbons (Fsp3) is 0.381. The van der Waals surface area contributed by atoms with Gasteiger partial charge in [-0.25, -0.2) is 8.42 Å². The Bertz CT molecular complexity index is 1140. The summed E-state index contributed by atoms with van der Waals surface area (Å²) in [5.41, 5.74) is 3.59. The van der Waals surface area contributed by atoms with Gasteiger partial charge in [0.2, 0.25) is 10.0 Å². The number of nitrogens with one attached hydrogen (secondary N) is 3. The van der Waals surface area contributed by atoms with Crippen molar-refractivity contribution in [1.29, 1.82) is 0 Å². The number of fused-ring (bicyclic) bond motifs is 1. The summed E-state index contributed by atoms with van der Waals surface area (Å²) in [6.45, 7) is 2.00. The van der Waals surface area contributed by atoms with Crippen molar-refractivity contribution in [2.75, 3.05) is 30.7 Å². The second-order valence-corrected chi connectivity index (χ2v) is 9.78. The van der Waals surface area contributed by atoms with Crippen molar-refractivity contribution in [1.82, 2.24) is 15.5 Å². The highest BCUT2D eigenvalue weighted by Crippen LogP contribution is 2.42. The summed E-state index contributed by atoms with van der Waals surface area (Å²) in [5.74, 6) is 1.44. The van der Waals surface area contributed by atoms with Gasteiger partial charge in [0, 0.05) is 23.9 Å². The monoisotopic (exact) mass is 448 g/mol. The van der Waals surface area contributed by atoms with E-state index in [0.29, 0.717) is 29.8 Å². The van der Waals surface area contributed by atoms with Crippen molar-refractivity contribution in [3.8, 4) is 5.75 Å². The summed E-state index contributed by atoms with van der Waals surface area (Å²) in [4.78, 5) is 0. The lowest BCUT2D eigenvalue weighted by Gasteiger charge is -2.10. The van der Waals surface area contributed by atoms with Crippen molar-refractivity contribution in [3.63, 3.8) is 0 Å². The number of aromatic nitrogens is 2. The molecule has 0 radical (unpaired) electrons. The lowest BCUT2D eigenvalue weighted by molar-refractivity contribution is 0.315. The highest BCUT2D eigenvalue weighted by Gasteiger charge is 2.27. The van der Waals surface area contributed by atoms with E-state index < -0.39 is 10.0 Å². The molecule has 4 rings (SSSR count). The highest BCUT2D eigenvalue weighted by molar-refractivity contribution is 7.92. The second-order valence-electron chi connectivity index (χ2n) is 7.63. The Morgan fingerprint density at radius 2 is 2.03 bits per heavy atom. The van der Waals surface area contributed by atoms with Crippen LogP contribution in [-0.2, 0) is 16.4 Å². The molecule has 0 atom stereocenters. The molecule has 1 saturated carbocycles. The Kier molecular flexibility index (Phi) is 6.17. The molecular formula is C21H25ClN4O3S. The Labute approximate surface area is 181 Å². The molecule has 30 heavy (non-hydrogen) atoms. The molecule has 0 unspecified atom stereocenters. The molecule has 0 amide bonds. The molecule has 9 heteroatoms. The van der Waals surface area contributed by atoms with Gasteiger partial charge in [0.05, 0.1) is 28.2 Å². The van der Waals surface area contributed by atoms with Crippen LogP contribution in [0.5, 0.6) is 5.75 Å². The van der Waals surface area contributed by atoms with E-state index in [9.17, 15) is 8.42 Å². The summed E-state index contributed by atoms with van der Waals surface area (Å²) >= 11 is 6.05. The first kappa shape index (κ1) is 21.0. The molecule has 0 bridgehead atoms. The Morgan fingerprint density at radius 1 is 1.20 bits per heavy atom. The van der Waals surface area contributed by atoms with Crippen LogP contribution in [0.2, 0.25) is 5.02 Å². The molecule has 0 aliphatic heterocycles. The predicted octanol–water partition coefficient (Wildman–Crippen LogP) is 3.68. The number of sulfonamides is 1. The smallest absolute Gasteiger partial charge is 0.229 e. The lowest BCUT2D eigenvalue weighted by Crippen LogP contribution is -2.23. The van der Waals surface area contributed by atoms with Crippen molar-refractivity contribution in [3.05, 3.63) is 52.7 Å². The maximum Gasteiger partial charge on any atom is 0.229 e. The average molecular weight is 449 g/mol. The molecular weight excluding hydrogens is 424 g/mol. The van der Waals surface area contributed by atoms with Crippen molar-refractivity contribution >= 4 is 38.2 Å². The maximum absolute atomic E-state index is 11.4. The van der Waals surface area contributed by atoms with Gasteiger partial charge in [-0.15, -0.1) is 0 Å². The largest absolute Gasteiger partial charge is 0.492 e. The number of benzene rings is 2. The Hall–Kier alpha value is -2.29. The fourth-order valence-electron chi connectivity index (χ4n) is 3.38. The van der Waals surface area contributed by atoms with Crippen LogP contribution in [0, 0.1) is 0 Å². The van der Waals surface area contributed by atoms with Crippen LogP contribution in [0.15, 0.2) is 36.4 Å². The van der Waals surface area contributed by atoms with Crippen LogP contribution in [0.3, 0.4) is 0 Å². The number of rotatable bonds is 10. The number of hydrogen-bond acceptors (Lipinski definition) is 5. The van der Waals surface area contributed by atoms with E-state index in [-0.39, 0.29) is 0 Å². The summed E-state index contributed by atoms with van der Waals surface area (Å²) in [7, 11) is -3.36. The molecule has 160 valence electrons. The summed E-state index contributed by atoms with van der Waals surface area (Å²) < 4.78 is 31.1. The Balaban J connectivity index is 1.21. The number of halogens is 1. The molecule has 1 aromatic heterocycles. The molecule has 1 aliphatic rings. The zero-order chi connectivity index (χ0) is 21.1. The minimum atomic E-state index is -3.36. The summed E-state index contributed by atoms with van der Waals surface area (Å²) in [5, 5.41) is 12.4. The second kappa shape index (κ2) is 8.83. The number of aromatic amines is 1. The van der Waals surface area contributed by atoms with E-state index >= 15 is 0 Å². The van der Waals surface area contributed by atoms with E-state index in [1.807, 2.05) is 18.2 Å². The standard InChI is InChI=1S/C21H25ClN4O3S/c1-30(27,28)26-20-12-14(2-7-18(20)22)8-9-23-10-11-29-16-5-6-17-19(13-16)24-25-21(17)15-3-4-15/h2,5-7,12-13,15,23,26H,3-4,8-11H2,1H3,(H,24,25). The van der Waals surface area contributed by atoms with E-state index in [1.54, 1.807) is 12.1 Å². The first-order chi connectivity index (χ1) is 14.4. The quantitative estimate of drug-likeness (QED) is 0.411. The summed E-state index contributed by atoms with van der Waals surface area (Å²) in [6.07, 6.45) is 4.32. The van der Waals surface area contributed by atoms with Gasteiger partial charge in [-0.2, -0.15) is 5.10 Å². The van der Waals surface area contributed by atoms with E-state index in [1.165, 1.54) is 23.9 Å². The van der Waals surface area contributed by atoms with Crippen LogP contribution in [-0.4, -0.2) is 44.6 Å². The van der Waals surface area contributed by atoms with Crippen molar-refractivity contribution in [2.45, 2.75) is 25.2 Å². The zero-order valence-electron chi connectivity index (χ0n) is 16.7. The van der Waals surface area contributed by atoms with Crippen molar-refractivity contribution in [2.24, 2.45) is 0 Å². The van der Waals surface area contributed by atoms with Crippen LogP contribution in [0.4, 0.5) is 5.69 Å². The van der Waals surface area contributed by atoms with Gasteiger partial charge < -0.3 is 10.1 Å². The molecule has 1 fully saturated rings. The topological polar surface area (TPSA) is 96.1 Å². The molecule has 3 aromatic rings. The maximum atomic E-state index is 11.4. The van der Waals surface area contributed by atoms with Gasteiger partial charge >= 0.3 is 0 Å². The third kappa shape index (κ3) is 5.44. The van der Waals surface area contributed by atoms with E-state index in [4.69, 9.17) is 16.3 Å². The van der Waals surface area contributed by atoms with Gasteiger partial charge in [0.25, 0.3) is 0 Å². The van der Waals surface area contributed by atoms with Gasteiger partial charge in [-0.3, -0.25) is 9.82 Å². The number of anilines is 1. The lowest BCUT2D eigenvalue weighted by atomic mass is 10.1. The minimum Gasteiger partial charge on any atom is -0.492 e. The summed E-state index contributed by atoms with van der Waals surface area (Å²) in [6, 6.07) is 11.4. The number of nitrogens with zero attached hydrogens (tertiary/aromatic N) is 1.